The molecule has 0 fully saturated rings. The van der Waals surface area contributed by atoms with Crippen molar-refractivity contribution in [3.63, 3.8) is 0 Å². The van der Waals surface area contributed by atoms with Crippen LogP contribution in [0.2, 0.25) is 0 Å². The highest BCUT2D eigenvalue weighted by molar-refractivity contribution is 5.70. The minimum Gasteiger partial charge on any atom is -0.436 e. The summed E-state index contributed by atoms with van der Waals surface area (Å²) < 4.78 is 43.8. The fraction of sp³-hybridized carbons (Fsp3) is 0.857. The number of halogens is 3. The van der Waals surface area contributed by atoms with Gasteiger partial charge in [0.1, 0.15) is 6.42 Å². The quantitative estimate of drug-likeness (QED) is 0.513. The molecule has 13 heavy (non-hydrogen) atoms. The largest absolute Gasteiger partial charge is 0.436 e. The molecule has 0 radical (unpaired) electrons. The number of hydrogen-bond donors (Lipinski definition) is 0. The molecular formula is C7H11F3O3. The summed E-state index contributed by atoms with van der Waals surface area (Å²) in [6.07, 6.45) is -6.68. The molecule has 0 aromatic carbocycles. The van der Waals surface area contributed by atoms with E-state index in [0.717, 1.165) is 0 Å². The number of methoxy groups -OCH3 is 1. The van der Waals surface area contributed by atoms with Crippen molar-refractivity contribution in [2.75, 3.05) is 7.11 Å². The van der Waals surface area contributed by atoms with Crippen molar-refractivity contribution in [1.29, 1.82) is 0 Å². The van der Waals surface area contributed by atoms with Crippen molar-refractivity contribution < 1.29 is 27.4 Å². The van der Waals surface area contributed by atoms with E-state index in [4.69, 9.17) is 0 Å². The summed E-state index contributed by atoms with van der Waals surface area (Å²) in [4.78, 5) is 10.6. The van der Waals surface area contributed by atoms with E-state index >= 15 is 0 Å². The van der Waals surface area contributed by atoms with Gasteiger partial charge in [0.05, 0.1) is 0 Å². The molecule has 0 saturated carbocycles. The Hall–Kier alpha value is -0.780. The van der Waals surface area contributed by atoms with E-state index in [1.807, 2.05) is 0 Å². The van der Waals surface area contributed by atoms with Crippen LogP contribution in [0.3, 0.4) is 0 Å². The van der Waals surface area contributed by atoms with Gasteiger partial charge in [-0.15, -0.1) is 0 Å². The zero-order valence-electron chi connectivity index (χ0n) is 7.35. The Morgan fingerprint density at radius 2 is 2.00 bits per heavy atom. The summed E-state index contributed by atoms with van der Waals surface area (Å²) >= 11 is 0. The first-order chi connectivity index (χ1) is 5.89. The summed E-state index contributed by atoms with van der Waals surface area (Å²) in [5.74, 6) is -1.32. The van der Waals surface area contributed by atoms with Crippen LogP contribution in [0.15, 0.2) is 0 Å². The van der Waals surface area contributed by atoms with Crippen LogP contribution in [0.25, 0.3) is 0 Å². The molecule has 0 aromatic rings. The maximum atomic E-state index is 11.6. The maximum Gasteiger partial charge on any atom is 0.399 e. The van der Waals surface area contributed by atoms with Gasteiger partial charge in [0.25, 0.3) is 0 Å². The molecule has 0 rings (SSSR count). The molecule has 6 heteroatoms. The van der Waals surface area contributed by atoms with Crippen LogP contribution in [0, 0.1) is 0 Å². The lowest BCUT2D eigenvalue weighted by Crippen LogP contribution is -2.23. The van der Waals surface area contributed by atoms with Gasteiger partial charge in [-0.1, -0.05) is 6.92 Å². The highest BCUT2D eigenvalue weighted by atomic mass is 19.4. The Morgan fingerprint density at radius 3 is 2.31 bits per heavy atom. The van der Waals surface area contributed by atoms with Crippen molar-refractivity contribution in [1.82, 2.24) is 0 Å². The molecule has 0 aromatic heterocycles. The summed E-state index contributed by atoms with van der Waals surface area (Å²) in [5, 5.41) is 0. The smallest absolute Gasteiger partial charge is 0.399 e. The number of carbonyl (C=O) groups is 1. The molecule has 78 valence electrons. The average molecular weight is 200 g/mol. The third-order valence-electron chi connectivity index (χ3n) is 1.20. The fourth-order valence-electron chi connectivity index (χ4n) is 0.650. The molecule has 0 heterocycles. The third kappa shape index (κ3) is 6.39. The van der Waals surface area contributed by atoms with Crippen LogP contribution < -0.4 is 0 Å². The third-order valence-corrected chi connectivity index (χ3v) is 1.20. The number of ether oxygens (including phenoxy) is 2. The number of esters is 1. The minimum absolute atomic E-state index is 0.320. The lowest BCUT2D eigenvalue weighted by molar-refractivity contribution is -0.193. The molecule has 0 bridgehead atoms. The lowest BCUT2D eigenvalue weighted by Gasteiger charge is -2.14. The van der Waals surface area contributed by atoms with Crippen molar-refractivity contribution in [2.45, 2.75) is 32.2 Å². The van der Waals surface area contributed by atoms with E-state index in [0.29, 0.717) is 6.42 Å². The van der Waals surface area contributed by atoms with Gasteiger partial charge in [-0.2, -0.15) is 13.2 Å². The Balaban J connectivity index is 3.86. The van der Waals surface area contributed by atoms with E-state index in [1.54, 1.807) is 6.92 Å². The second-order valence-corrected chi connectivity index (χ2v) is 2.36. The second-order valence-electron chi connectivity index (χ2n) is 2.36. The highest BCUT2D eigenvalue weighted by Gasteiger charge is 2.33. The standard InChI is InChI=1S/C7H11F3O3/c1-3-6(12-2)13-5(11)4-7(8,9)10/h6H,3-4H2,1-2H3. The van der Waals surface area contributed by atoms with Gasteiger partial charge >= 0.3 is 12.1 Å². The Bertz CT molecular complexity index is 163. The topological polar surface area (TPSA) is 35.5 Å². The van der Waals surface area contributed by atoms with Crippen LogP contribution in [-0.4, -0.2) is 25.5 Å². The predicted octanol–water partition coefficient (Wildman–Crippen LogP) is 1.86. The first-order valence-corrected chi connectivity index (χ1v) is 3.68. The average Bonchev–Trinajstić information content (AvgIpc) is 1.96. The molecule has 0 saturated heterocycles. The SMILES string of the molecule is CCC(OC)OC(=O)CC(F)(F)F. The molecule has 3 nitrogen and oxygen atoms in total. The molecule has 0 aliphatic heterocycles. The number of carbonyl (C=O) groups excluding carboxylic acids is 1. The monoisotopic (exact) mass is 200 g/mol. The summed E-state index contributed by atoms with van der Waals surface area (Å²) in [6.45, 7) is 1.63. The summed E-state index contributed by atoms with van der Waals surface area (Å²) in [6, 6.07) is 0. The van der Waals surface area contributed by atoms with Gasteiger partial charge in [0.2, 0.25) is 6.29 Å². The van der Waals surface area contributed by atoms with Crippen molar-refractivity contribution >= 4 is 5.97 Å². The molecule has 0 aliphatic carbocycles. The number of hydrogen-bond acceptors (Lipinski definition) is 3. The Morgan fingerprint density at radius 1 is 1.46 bits per heavy atom. The fourth-order valence-corrected chi connectivity index (χ4v) is 0.650. The van der Waals surface area contributed by atoms with Gasteiger partial charge in [-0.3, -0.25) is 4.79 Å². The van der Waals surface area contributed by atoms with Crippen LogP contribution >= 0.6 is 0 Å². The molecular weight excluding hydrogens is 189 g/mol. The van der Waals surface area contributed by atoms with Crippen LogP contribution in [-0.2, 0) is 14.3 Å². The molecule has 1 unspecified atom stereocenters. The Labute approximate surface area is 73.8 Å². The van der Waals surface area contributed by atoms with Gasteiger partial charge in [0.15, 0.2) is 0 Å². The van der Waals surface area contributed by atoms with E-state index < -0.39 is 24.9 Å². The van der Waals surface area contributed by atoms with Gasteiger partial charge in [0, 0.05) is 13.5 Å². The normalized spacial score (nSPS) is 13.9. The molecule has 0 amide bonds. The van der Waals surface area contributed by atoms with E-state index in [2.05, 4.69) is 9.47 Å². The van der Waals surface area contributed by atoms with Gasteiger partial charge in [-0.25, -0.2) is 0 Å². The van der Waals surface area contributed by atoms with Crippen LogP contribution in [0.5, 0.6) is 0 Å². The number of rotatable bonds is 4. The van der Waals surface area contributed by atoms with Crippen LogP contribution in [0.4, 0.5) is 13.2 Å². The van der Waals surface area contributed by atoms with Crippen LogP contribution in [0.1, 0.15) is 19.8 Å². The first kappa shape index (κ1) is 12.2. The van der Waals surface area contributed by atoms with Gasteiger partial charge < -0.3 is 9.47 Å². The zero-order valence-corrected chi connectivity index (χ0v) is 7.35. The van der Waals surface area contributed by atoms with Crippen molar-refractivity contribution in [3.05, 3.63) is 0 Å². The highest BCUT2D eigenvalue weighted by Crippen LogP contribution is 2.20. The van der Waals surface area contributed by atoms with Gasteiger partial charge in [-0.05, 0) is 0 Å². The van der Waals surface area contributed by atoms with Crippen molar-refractivity contribution in [2.24, 2.45) is 0 Å². The first-order valence-electron chi connectivity index (χ1n) is 3.68. The summed E-state index contributed by atoms with van der Waals surface area (Å²) in [7, 11) is 1.26. The number of alkyl halides is 3. The zero-order chi connectivity index (χ0) is 10.5. The predicted molar refractivity (Wildman–Crippen MR) is 37.9 cm³/mol. The molecule has 0 N–H and O–H groups in total. The summed E-state index contributed by atoms with van der Waals surface area (Å²) in [5.41, 5.74) is 0. The molecule has 0 spiro atoms. The Kier molecular flexibility index (Phi) is 4.76. The lowest BCUT2D eigenvalue weighted by atomic mass is 10.4. The maximum absolute atomic E-state index is 11.6. The molecule has 1 atom stereocenters. The minimum atomic E-state index is -4.52. The van der Waals surface area contributed by atoms with Crippen molar-refractivity contribution in [3.8, 4) is 0 Å². The molecule has 0 aliphatic rings. The van der Waals surface area contributed by atoms with E-state index in [9.17, 15) is 18.0 Å². The van der Waals surface area contributed by atoms with E-state index in [-0.39, 0.29) is 0 Å². The second kappa shape index (κ2) is 5.06. The van der Waals surface area contributed by atoms with E-state index in [1.165, 1.54) is 7.11 Å².